The van der Waals surface area contributed by atoms with Crippen molar-refractivity contribution in [2.45, 2.75) is 6.61 Å². The normalized spacial score (nSPS) is 14.6. The molecule has 1 aliphatic rings. The van der Waals surface area contributed by atoms with Crippen molar-refractivity contribution in [3.63, 3.8) is 0 Å². The van der Waals surface area contributed by atoms with Gasteiger partial charge < -0.3 is 24.8 Å². The van der Waals surface area contributed by atoms with E-state index in [0.29, 0.717) is 6.61 Å². The molecule has 2 N–H and O–H groups in total. The number of ether oxygens (including phenoxy) is 3. The average molecular weight is 314 g/mol. The molecule has 0 aromatic heterocycles. The topological polar surface area (TPSA) is 57.0 Å². The Morgan fingerprint density at radius 2 is 1.74 bits per heavy atom. The molecular weight excluding hydrogens is 292 g/mol. The second kappa shape index (κ2) is 7.24. The van der Waals surface area contributed by atoms with Gasteiger partial charge >= 0.3 is 0 Å². The molecule has 0 bridgehead atoms. The van der Waals surface area contributed by atoms with Crippen LogP contribution < -0.4 is 20.1 Å². The number of hydrogen-bond donors (Lipinski definition) is 1. The summed E-state index contributed by atoms with van der Waals surface area (Å²) in [6.07, 6.45) is 0. The molecule has 0 radical (unpaired) electrons. The first-order valence-electron chi connectivity index (χ1n) is 7.74. The van der Waals surface area contributed by atoms with Crippen molar-refractivity contribution in [2.75, 3.05) is 44.0 Å². The molecule has 2 aromatic carbocycles. The number of benzene rings is 2. The van der Waals surface area contributed by atoms with Crippen molar-refractivity contribution in [1.29, 1.82) is 0 Å². The number of nitrogens with two attached hydrogens (primary N) is 1. The van der Waals surface area contributed by atoms with Crippen LogP contribution in [0.2, 0.25) is 0 Å². The summed E-state index contributed by atoms with van der Waals surface area (Å²) in [7, 11) is 1.66. The lowest BCUT2D eigenvalue weighted by atomic mass is 10.2. The third-order valence-electron chi connectivity index (χ3n) is 3.92. The van der Waals surface area contributed by atoms with Gasteiger partial charge in [-0.2, -0.15) is 0 Å². The highest BCUT2D eigenvalue weighted by Crippen LogP contribution is 2.28. The van der Waals surface area contributed by atoms with Crippen LogP contribution in [0.15, 0.2) is 42.5 Å². The van der Waals surface area contributed by atoms with Crippen LogP contribution >= 0.6 is 0 Å². The van der Waals surface area contributed by atoms with Crippen LogP contribution in [0.3, 0.4) is 0 Å². The van der Waals surface area contributed by atoms with Crippen LogP contribution in [0.4, 0.5) is 11.4 Å². The second-order valence-electron chi connectivity index (χ2n) is 5.46. The van der Waals surface area contributed by atoms with E-state index in [1.165, 1.54) is 0 Å². The minimum absolute atomic E-state index is 0.500. The van der Waals surface area contributed by atoms with Gasteiger partial charge in [0.25, 0.3) is 0 Å². The molecule has 0 unspecified atom stereocenters. The number of rotatable bonds is 5. The Labute approximate surface area is 136 Å². The number of hydrogen-bond acceptors (Lipinski definition) is 5. The summed E-state index contributed by atoms with van der Waals surface area (Å²) < 4.78 is 16.3. The van der Waals surface area contributed by atoms with E-state index in [9.17, 15) is 0 Å². The van der Waals surface area contributed by atoms with E-state index >= 15 is 0 Å². The zero-order valence-corrected chi connectivity index (χ0v) is 13.3. The molecule has 1 saturated heterocycles. The summed E-state index contributed by atoms with van der Waals surface area (Å²) in [5.41, 5.74) is 9.05. The maximum absolute atomic E-state index is 6.18. The summed E-state index contributed by atoms with van der Waals surface area (Å²) in [5, 5.41) is 0. The molecule has 5 nitrogen and oxygen atoms in total. The van der Waals surface area contributed by atoms with E-state index in [4.69, 9.17) is 19.9 Å². The van der Waals surface area contributed by atoms with Gasteiger partial charge in [-0.05, 0) is 29.8 Å². The molecule has 1 heterocycles. The molecule has 0 atom stereocenters. The van der Waals surface area contributed by atoms with Gasteiger partial charge in [0, 0.05) is 19.2 Å². The molecule has 0 aliphatic carbocycles. The Hall–Kier alpha value is -2.40. The van der Waals surface area contributed by atoms with E-state index in [1.54, 1.807) is 7.11 Å². The van der Waals surface area contributed by atoms with Gasteiger partial charge in [-0.1, -0.05) is 12.1 Å². The van der Waals surface area contributed by atoms with Crippen molar-refractivity contribution in [2.24, 2.45) is 0 Å². The minimum Gasteiger partial charge on any atom is -0.497 e. The number of nitrogen functional groups attached to an aromatic ring is 1. The van der Waals surface area contributed by atoms with Crippen LogP contribution in [-0.2, 0) is 11.3 Å². The fourth-order valence-electron chi connectivity index (χ4n) is 2.60. The minimum atomic E-state index is 0.500. The lowest BCUT2D eigenvalue weighted by Crippen LogP contribution is -2.36. The highest BCUT2D eigenvalue weighted by Gasteiger charge is 2.14. The van der Waals surface area contributed by atoms with Crippen molar-refractivity contribution in [1.82, 2.24) is 0 Å². The van der Waals surface area contributed by atoms with E-state index < -0.39 is 0 Å². The third kappa shape index (κ3) is 3.87. The van der Waals surface area contributed by atoms with E-state index in [1.807, 2.05) is 42.5 Å². The quantitative estimate of drug-likeness (QED) is 0.860. The van der Waals surface area contributed by atoms with E-state index in [2.05, 4.69) is 4.90 Å². The van der Waals surface area contributed by atoms with Crippen molar-refractivity contribution >= 4 is 11.4 Å². The van der Waals surface area contributed by atoms with E-state index in [0.717, 1.165) is 54.7 Å². The number of methoxy groups -OCH3 is 1. The molecule has 1 aliphatic heterocycles. The standard InChI is InChI=1S/C18H22N2O3/c1-21-15-4-2-14(3-5-15)13-23-16-6-7-18(17(19)12-16)20-8-10-22-11-9-20/h2-7,12H,8-11,13,19H2,1H3. The first-order valence-corrected chi connectivity index (χ1v) is 7.74. The SMILES string of the molecule is COc1ccc(COc2ccc(N3CCOCC3)c(N)c2)cc1. The van der Waals surface area contributed by atoms with Crippen molar-refractivity contribution < 1.29 is 14.2 Å². The summed E-state index contributed by atoms with van der Waals surface area (Å²) in [4.78, 5) is 2.24. The summed E-state index contributed by atoms with van der Waals surface area (Å²) in [5.74, 6) is 1.61. The highest BCUT2D eigenvalue weighted by atomic mass is 16.5. The second-order valence-corrected chi connectivity index (χ2v) is 5.46. The Balaban J connectivity index is 1.62. The Kier molecular flexibility index (Phi) is 4.88. The number of morpholine rings is 1. The molecule has 2 aromatic rings. The van der Waals surface area contributed by atoms with Crippen LogP contribution in [0.25, 0.3) is 0 Å². The predicted octanol–water partition coefficient (Wildman–Crippen LogP) is 2.69. The first-order chi connectivity index (χ1) is 11.3. The molecule has 0 spiro atoms. The molecule has 0 saturated carbocycles. The lowest BCUT2D eigenvalue weighted by Gasteiger charge is -2.30. The van der Waals surface area contributed by atoms with Gasteiger partial charge in [-0.3, -0.25) is 0 Å². The maximum atomic E-state index is 6.18. The van der Waals surface area contributed by atoms with Gasteiger partial charge in [0.15, 0.2) is 0 Å². The largest absolute Gasteiger partial charge is 0.497 e. The fraction of sp³-hybridized carbons (Fsp3) is 0.333. The Bertz CT molecular complexity index is 637. The number of anilines is 2. The van der Waals surface area contributed by atoms with E-state index in [-0.39, 0.29) is 0 Å². The zero-order chi connectivity index (χ0) is 16.1. The van der Waals surface area contributed by atoms with Gasteiger partial charge in [-0.15, -0.1) is 0 Å². The highest BCUT2D eigenvalue weighted by molar-refractivity contribution is 5.69. The molecule has 23 heavy (non-hydrogen) atoms. The van der Waals surface area contributed by atoms with Crippen molar-refractivity contribution in [3.05, 3.63) is 48.0 Å². The smallest absolute Gasteiger partial charge is 0.122 e. The van der Waals surface area contributed by atoms with Gasteiger partial charge in [0.05, 0.1) is 31.7 Å². The van der Waals surface area contributed by atoms with Crippen LogP contribution in [0.1, 0.15) is 5.56 Å². The predicted molar refractivity (Wildman–Crippen MR) is 91.2 cm³/mol. The summed E-state index contributed by atoms with van der Waals surface area (Å²) in [6.45, 7) is 3.73. The summed E-state index contributed by atoms with van der Waals surface area (Å²) >= 11 is 0. The Morgan fingerprint density at radius 1 is 1.04 bits per heavy atom. The molecule has 122 valence electrons. The molecule has 5 heteroatoms. The number of nitrogens with zero attached hydrogens (tertiary/aromatic N) is 1. The first kappa shape index (κ1) is 15.5. The van der Waals surface area contributed by atoms with Gasteiger partial charge in [-0.25, -0.2) is 0 Å². The molecular formula is C18H22N2O3. The van der Waals surface area contributed by atoms with Crippen molar-refractivity contribution in [3.8, 4) is 11.5 Å². The van der Waals surface area contributed by atoms with Gasteiger partial charge in [0.2, 0.25) is 0 Å². The van der Waals surface area contributed by atoms with Crippen LogP contribution in [-0.4, -0.2) is 33.4 Å². The molecule has 3 rings (SSSR count). The fourth-order valence-corrected chi connectivity index (χ4v) is 2.60. The maximum Gasteiger partial charge on any atom is 0.122 e. The molecule has 1 fully saturated rings. The third-order valence-corrected chi connectivity index (χ3v) is 3.92. The summed E-state index contributed by atoms with van der Waals surface area (Å²) in [6, 6.07) is 13.7. The Morgan fingerprint density at radius 3 is 2.39 bits per heavy atom. The lowest BCUT2D eigenvalue weighted by molar-refractivity contribution is 0.123. The molecule has 0 amide bonds. The van der Waals surface area contributed by atoms with Crippen LogP contribution in [0.5, 0.6) is 11.5 Å². The zero-order valence-electron chi connectivity index (χ0n) is 13.3. The monoisotopic (exact) mass is 314 g/mol. The average Bonchev–Trinajstić information content (AvgIpc) is 2.61. The van der Waals surface area contributed by atoms with Gasteiger partial charge in [0.1, 0.15) is 18.1 Å². The van der Waals surface area contributed by atoms with Crippen LogP contribution in [0, 0.1) is 0 Å².